The fourth-order valence-electron chi connectivity index (χ4n) is 3.48. The van der Waals surface area contributed by atoms with Crippen LogP contribution in [0.1, 0.15) is 52.9 Å². The topological polar surface area (TPSA) is 29.3 Å². The van der Waals surface area contributed by atoms with Crippen LogP contribution < -0.4 is 5.73 Å². The van der Waals surface area contributed by atoms with Gasteiger partial charge in [-0.3, -0.25) is 0 Å². The van der Waals surface area contributed by atoms with Gasteiger partial charge in [0.2, 0.25) is 0 Å². The van der Waals surface area contributed by atoms with Crippen LogP contribution in [0.15, 0.2) is 0 Å². The molecule has 1 aliphatic carbocycles. The Kier molecular flexibility index (Phi) is 3.60. The zero-order valence-electron chi connectivity index (χ0n) is 11.2. The lowest BCUT2D eigenvalue weighted by Gasteiger charge is -2.37. The second-order valence-electron chi connectivity index (χ2n) is 6.65. The van der Waals surface area contributed by atoms with Gasteiger partial charge in [0.05, 0.1) is 0 Å². The van der Waals surface area contributed by atoms with E-state index in [1.807, 2.05) is 0 Å². The maximum absolute atomic E-state index is 6.39. The number of hydrogen-bond acceptors (Lipinski definition) is 2. The molecule has 0 bridgehead atoms. The van der Waals surface area contributed by atoms with E-state index in [2.05, 4.69) is 25.7 Å². The van der Waals surface area contributed by atoms with Crippen molar-refractivity contribution in [3.8, 4) is 0 Å². The summed E-state index contributed by atoms with van der Waals surface area (Å²) in [5.74, 6) is 0.732. The standard InChI is InChI=1S/C14H28N2/c1-11-6-4-5-9-16(11)10-12-7-8-14(2,3)13(12)15/h11-13H,4-10,15H2,1-3H3. The Morgan fingerprint density at radius 1 is 1.25 bits per heavy atom. The number of hydrogen-bond donors (Lipinski definition) is 1. The number of nitrogens with two attached hydrogens (primary N) is 1. The zero-order valence-corrected chi connectivity index (χ0v) is 11.2. The highest BCUT2D eigenvalue weighted by Gasteiger charge is 2.40. The fraction of sp³-hybridized carbons (Fsp3) is 1.00. The minimum absolute atomic E-state index is 0.365. The molecule has 3 unspecified atom stereocenters. The minimum atomic E-state index is 0.365. The quantitative estimate of drug-likeness (QED) is 0.781. The van der Waals surface area contributed by atoms with Gasteiger partial charge in [0, 0.05) is 18.6 Å². The molecule has 2 rings (SSSR count). The number of rotatable bonds is 2. The van der Waals surface area contributed by atoms with E-state index in [-0.39, 0.29) is 0 Å². The van der Waals surface area contributed by atoms with E-state index < -0.39 is 0 Å². The first-order valence-electron chi connectivity index (χ1n) is 7.00. The average molecular weight is 224 g/mol. The molecule has 1 saturated carbocycles. The summed E-state index contributed by atoms with van der Waals surface area (Å²) >= 11 is 0. The number of likely N-dealkylation sites (tertiary alicyclic amines) is 1. The van der Waals surface area contributed by atoms with Crippen molar-refractivity contribution < 1.29 is 0 Å². The monoisotopic (exact) mass is 224 g/mol. The largest absolute Gasteiger partial charge is 0.327 e. The number of piperidine rings is 1. The van der Waals surface area contributed by atoms with E-state index in [0.717, 1.165) is 12.0 Å². The first kappa shape index (κ1) is 12.4. The molecule has 1 saturated heterocycles. The van der Waals surface area contributed by atoms with Gasteiger partial charge in [0.1, 0.15) is 0 Å². The fourth-order valence-corrected chi connectivity index (χ4v) is 3.48. The van der Waals surface area contributed by atoms with Gasteiger partial charge in [0.15, 0.2) is 0 Å². The van der Waals surface area contributed by atoms with Gasteiger partial charge in [-0.05, 0) is 50.5 Å². The molecule has 0 aromatic rings. The molecule has 0 aromatic carbocycles. The van der Waals surface area contributed by atoms with E-state index in [4.69, 9.17) is 5.73 Å². The molecule has 0 radical (unpaired) electrons. The average Bonchev–Trinajstić information content (AvgIpc) is 2.49. The lowest BCUT2D eigenvalue weighted by Crippen LogP contribution is -2.46. The van der Waals surface area contributed by atoms with E-state index in [1.54, 1.807) is 0 Å². The van der Waals surface area contributed by atoms with Gasteiger partial charge in [0.25, 0.3) is 0 Å². The highest BCUT2D eigenvalue weighted by Crippen LogP contribution is 2.40. The third-order valence-corrected chi connectivity index (χ3v) is 4.98. The second kappa shape index (κ2) is 4.66. The maximum atomic E-state index is 6.39. The van der Waals surface area contributed by atoms with Crippen LogP contribution in [0, 0.1) is 11.3 Å². The van der Waals surface area contributed by atoms with Crippen molar-refractivity contribution in [3.05, 3.63) is 0 Å². The minimum Gasteiger partial charge on any atom is -0.327 e. The van der Waals surface area contributed by atoms with Crippen molar-refractivity contribution in [2.24, 2.45) is 17.1 Å². The third kappa shape index (κ3) is 2.43. The summed E-state index contributed by atoms with van der Waals surface area (Å²) in [6.45, 7) is 9.58. The Bertz CT molecular complexity index is 237. The Morgan fingerprint density at radius 3 is 2.56 bits per heavy atom. The van der Waals surface area contributed by atoms with Crippen molar-refractivity contribution in [1.29, 1.82) is 0 Å². The zero-order chi connectivity index (χ0) is 11.8. The summed E-state index contributed by atoms with van der Waals surface area (Å²) in [5.41, 5.74) is 6.76. The van der Waals surface area contributed by atoms with Crippen molar-refractivity contribution in [2.75, 3.05) is 13.1 Å². The van der Waals surface area contributed by atoms with Crippen LogP contribution in [0.3, 0.4) is 0 Å². The Hall–Kier alpha value is -0.0800. The molecule has 94 valence electrons. The second-order valence-corrected chi connectivity index (χ2v) is 6.65. The molecule has 0 amide bonds. The van der Waals surface area contributed by atoms with Gasteiger partial charge in [-0.25, -0.2) is 0 Å². The normalized spacial score (nSPS) is 40.1. The van der Waals surface area contributed by atoms with Crippen LogP contribution in [0.25, 0.3) is 0 Å². The predicted octanol–water partition coefficient (Wildman–Crippen LogP) is 2.62. The molecule has 0 spiro atoms. The molecule has 3 atom stereocenters. The SMILES string of the molecule is CC1CCCCN1CC1CCC(C)(C)C1N. The van der Waals surface area contributed by atoms with E-state index in [9.17, 15) is 0 Å². The Morgan fingerprint density at radius 2 is 2.00 bits per heavy atom. The van der Waals surface area contributed by atoms with Crippen molar-refractivity contribution in [1.82, 2.24) is 4.90 Å². The lowest BCUT2D eigenvalue weighted by atomic mass is 9.85. The van der Waals surface area contributed by atoms with Crippen LogP contribution in [-0.2, 0) is 0 Å². The van der Waals surface area contributed by atoms with E-state index in [1.165, 1.54) is 45.2 Å². The summed E-state index contributed by atoms with van der Waals surface area (Å²) in [7, 11) is 0. The smallest absolute Gasteiger partial charge is 0.0131 e. The molecule has 1 heterocycles. The van der Waals surface area contributed by atoms with Gasteiger partial charge in [-0.15, -0.1) is 0 Å². The molecule has 2 heteroatoms. The highest BCUT2D eigenvalue weighted by atomic mass is 15.2. The van der Waals surface area contributed by atoms with Crippen molar-refractivity contribution >= 4 is 0 Å². The molecule has 2 aliphatic rings. The van der Waals surface area contributed by atoms with Crippen LogP contribution in [-0.4, -0.2) is 30.1 Å². The summed E-state index contributed by atoms with van der Waals surface area (Å²) in [5, 5.41) is 0. The molecule has 2 fully saturated rings. The predicted molar refractivity (Wildman–Crippen MR) is 69.4 cm³/mol. The molecule has 2 N–H and O–H groups in total. The molecule has 0 aromatic heterocycles. The van der Waals surface area contributed by atoms with Crippen LogP contribution >= 0.6 is 0 Å². The third-order valence-electron chi connectivity index (χ3n) is 4.98. The van der Waals surface area contributed by atoms with Crippen molar-refractivity contribution in [2.45, 2.75) is 65.0 Å². The highest BCUT2D eigenvalue weighted by molar-refractivity contribution is 4.95. The van der Waals surface area contributed by atoms with Crippen LogP contribution in [0.2, 0.25) is 0 Å². The lowest BCUT2D eigenvalue weighted by molar-refractivity contribution is 0.127. The first-order valence-corrected chi connectivity index (χ1v) is 7.00. The maximum Gasteiger partial charge on any atom is 0.0131 e. The molecular formula is C14H28N2. The first-order chi connectivity index (χ1) is 7.50. The van der Waals surface area contributed by atoms with Gasteiger partial charge in [-0.2, -0.15) is 0 Å². The van der Waals surface area contributed by atoms with Crippen LogP contribution in [0.4, 0.5) is 0 Å². The van der Waals surface area contributed by atoms with Crippen molar-refractivity contribution in [3.63, 3.8) is 0 Å². The summed E-state index contributed by atoms with van der Waals surface area (Å²) in [6.07, 6.45) is 6.82. The molecule has 1 aliphatic heterocycles. The Labute approximate surface area is 101 Å². The van der Waals surface area contributed by atoms with Gasteiger partial charge in [-0.1, -0.05) is 20.3 Å². The Balaban J connectivity index is 1.90. The summed E-state index contributed by atoms with van der Waals surface area (Å²) in [6, 6.07) is 1.19. The van der Waals surface area contributed by atoms with E-state index in [0.29, 0.717) is 11.5 Å². The summed E-state index contributed by atoms with van der Waals surface area (Å²) in [4.78, 5) is 2.68. The van der Waals surface area contributed by atoms with Gasteiger partial charge >= 0.3 is 0 Å². The molecule has 2 nitrogen and oxygen atoms in total. The molecular weight excluding hydrogens is 196 g/mol. The van der Waals surface area contributed by atoms with Gasteiger partial charge < -0.3 is 10.6 Å². The summed E-state index contributed by atoms with van der Waals surface area (Å²) < 4.78 is 0. The molecule has 16 heavy (non-hydrogen) atoms. The number of nitrogens with zero attached hydrogens (tertiary/aromatic N) is 1. The van der Waals surface area contributed by atoms with E-state index >= 15 is 0 Å². The van der Waals surface area contributed by atoms with Crippen LogP contribution in [0.5, 0.6) is 0 Å².